The maximum Gasteiger partial charge on any atom is 0.0224 e. The van der Waals surface area contributed by atoms with Crippen LogP contribution in [0.5, 0.6) is 0 Å². The summed E-state index contributed by atoms with van der Waals surface area (Å²) in [7, 11) is 2.82. The highest BCUT2D eigenvalue weighted by Crippen LogP contribution is 2.10. The topological polar surface area (TPSA) is 15.3 Å². The molecule has 1 aliphatic heterocycles. The van der Waals surface area contributed by atoms with Crippen molar-refractivity contribution in [3.63, 3.8) is 0 Å². The number of nitrogens with zero attached hydrogens (tertiary/aromatic N) is 1. The maximum atomic E-state index is 3.53. The van der Waals surface area contributed by atoms with Gasteiger partial charge in [-0.2, -0.15) is 0 Å². The highest BCUT2D eigenvalue weighted by molar-refractivity contribution is 7.16. The number of nitrogens with one attached hydrogen (secondary N) is 1. The van der Waals surface area contributed by atoms with Gasteiger partial charge in [0.15, 0.2) is 0 Å². The van der Waals surface area contributed by atoms with Crippen molar-refractivity contribution < 1.29 is 0 Å². The molecule has 1 fully saturated rings. The predicted molar refractivity (Wildman–Crippen MR) is 57.7 cm³/mol. The van der Waals surface area contributed by atoms with Crippen molar-refractivity contribution in [1.29, 1.82) is 0 Å². The zero-order chi connectivity index (χ0) is 8.97. The van der Waals surface area contributed by atoms with Gasteiger partial charge in [-0.05, 0) is 26.1 Å². The lowest BCUT2D eigenvalue weighted by Crippen LogP contribution is -2.55. The average molecular weight is 188 g/mol. The predicted octanol–water partition coefficient (Wildman–Crippen LogP) is 0.934. The monoisotopic (exact) mass is 188 g/mol. The molecule has 1 N–H and O–H groups in total. The van der Waals surface area contributed by atoms with Crippen LogP contribution >= 0.6 is 9.24 Å². The molecule has 3 heteroatoms. The summed E-state index contributed by atoms with van der Waals surface area (Å²) in [4.78, 5) is 2.59. The van der Waals surface area contributed by atoms with E-state index in [4.69, 9.17) is 0 Å². The van der Waals surface area contributed by atoms with Crippen molar-refractivity contribution in [3.05, 3.63) is 0 Å². The molecule has 0 spiro atoms. The Morgan fingerprint density at radius 2 is 2.33 bits per heavy atom. The Labute approximate surface area is 78.3 Å². The van der Waals surface area contributed by atoms with Crippen LogP contribution in [0.1, 0.15) is 20.3 Å². The van der Waals surface area contributed by atoms with Crippen molar-refractivity contribution in [2.45, 2.75) is 32.4 Å². The van der Waals surface area contributed by atoms with E-state index in [1.807, 2.05) is 0 Å². The van der Waals surface area contributed by atoms with Crippen LogP contribution in [-0.2, 0) is 0 Å². The van der Waals surface area contributed by atoms with Gasteiger partial charge < -0.3 is 5.32 Å². The lowest BCUT2D eigenvalue weighted by Gasteiger charge is -2.38. The van der Waals surface area contributed by atoms with Gasteiger partial charge in [-0.25, -0.2) is 0 Å². The Balaban J connectivity index is 2.39. The smallest absolute Gasteiger partial charge is 0.0224 e. The van der Waals surface area contributed by atoms with Gasteiger partial charge in [0.25, 0.3) is 0 Å². The van der Waals surface area contributed by atoms with Crippen LogP contribution in [-0.4, -0.2) is 42.8 Å². The maximum absolute atomic E-state index is 3.53. The average Bonchev–Trinajstić information content (AvgIpc) is 2.08. The molecule has 2 nitrogen and oxygen atoms in total. The van der Waals surface area contributed by atoms with Gasteiger partial charge in [-0.1, -0.05) is 6.92 Å². The van der Waals surface area contributed by atoms with E-state index in [1.54, 1.807) is 0 Å². The van der Waals surface area contributed by atoms with E-state index in [-0.39, 0.29) is 0 Å². The van der Waals surface area contributed by atoms with Crippen molar-refractivity contribution >= 4 is 9.24 Å². The number of hydrogen-bond donors (Lipinski definition) is 1. The van der Waals surface area contributed by atoms with Gasteiger partial charge in [-0.3, -0.25) is 4.90 Å². The molecule has 0 saturated carbocycles. The van der Waals surface area contributed by atoms with E-state index in [9.17, 15) is 0 Å². The van der Waals surface area contributed by atoms with E-state index >= 15 is 0 Å². The van der Waals surface area contributed by atoms with Crippen LogP contribution in [0.15, 0.2) is 0 Å². The molecular weight excluding hydrogens is 167 g/mol. The fourth-order valence-electron chi connectivity index (χ4n) is 1.90. The molecule has 72 valence electrons. The first-order valence-electron chi connectivity index (χ1n) is 4.95. The highest BCUT2D eigenvalue weighted by atomic mass is 31.0. The molecule has 0 bridgehead atoms. The fourth-order valence-corrected chi connectivity index (χ4v) is 2.28. The minimum absolute atomic E-state index is 0.672. The van der Waals surface area contributed by atoms with E-state index in [0.717, 1.165) is 6.04 Å². The van der Waals surface area contributed by atoms with Gasteiger partial charge in [0.05, 0.1) is 0 Å². The van der Waals surface area contributed by atoms with Gasteiger partial charge in [0, 0.05) is 25.2 Å². The Bertz CT molecular complexity index is 130. The van der Waals surface area contributed by atoms with Crippen molar-refractivity contribution in [1.82, 2.24) is 10.2 Å². The molecule has 12 heavy (non-hydrogen) atoms. The van der Waals surface area contributed by atoms with Crippen LogP contribution in [0.2, 0.25) is 0 Å². The number of hydrogen-bond acceptors (Lipinski definition) is 2. The molecule has 1 aliphatic rings. The zero-order valence-corrected chi connectivity index (χ0v) is 9.37. The Hall–Kier alpha value is 0.350. The van der Waals surface area contributed by atoms with Crippen molar-refractivity contribution in [2.75, 3.05) is 25.8 Å². The van der Waals surface area contributed by atoms with Gasteiger partial charge in [0.2, 0.25) is 0 Å². The molecule has 1 heterocycles. The Kier molecular flexibility index (Phi) is 4.49. The van der Waals surface area contributed by atoms with Crippen molar-refractivity contribution in [3.8, 4) is 0 Å². The van der Waals surface area contributed by atoms with Crippen LogP contribution in [0, 0.1) is 0 Å². The second-order valence-electron chi connectivity index (χ2n) is 3.63. The van der Waals surface area contributed by atoms with Crippen LogP contribution in [0.25, 0.3) is 0 Å². The number of piperazine rings is 1. The largest absolute Gasteiger partial charge is 0.311 e. The third kappa shape index (κ3) is 2.69. The number of rotatable bonds is 3. The molecule has 1 saturated heterocycles. The lowest BCUT2D eigenvalue weighted by molar-refractivity contribution is 0.140. The van der Waals surface area contributed by atoms with Gasteiger partial charge in [-0.15, -0.1) is 9.24 Å². The van der Waals surface area contributed by atoms with E-state index in [1.165, 1.54) is 32.2 Å². The van der Waals surface area contributed by atoms with E-state index in [0.29, 0.717) is 6.04 Å². The van der Waals surface area contributed by atoms with E-state index < -0.39 is 0 Å². The third-order valence-electron chi connectivity index (χ3n) is 2.63. The zero-order valence-electron chi connectivity index (χ0n) is 8.21. The van der Waals surface area contributed by atoms with Gasteiger partial charge in [0.1, 0.15) is 0 Å². The first kappa shape index (κ1) is 10.4. The van der Waals surface area contributed by atoms with Crippen LogP contribution in [0.3, 0.4) is 0 Å². The quantitative estimate of drug-likeness (QED) is 0.663. The first-order valence-corrected chi connectivity index (χ1v) is 5.77. The molecule has 3 unspecified atom stereocenters. The SMILES string of the molecule is CCN1CC(C)NCC1CCP. The second-order valence-corrected chi connectivity index (χ2v) is 4.21. The molecule has 3 atom stereocenters. The second kappa shape index (κ2) is 5.16. The summed E-state index contributed by atoms with van der Waals surface area (Å²) < 4.78 is 0. The summed E-state index contributed by atoms with van der Waals surface area (Å²) in [6.07, 6.45) is 2.52. The van der Waals surface area contributed by atoms with Crippen molar-refractivity contribution in [2.24, 2.45) is 0 Å². The molecule has 1 rings (SSSR count). The lowest BCUT2D eigenvalue weighted by atomic mass is 10.1. The summed E-state index contributed by atoms with van der Waals surface area (Å²) >= 11 is 0. The molecular formula is C9H21N2P. The number of likely N-dealkylation sites (N-methyl/N-ethyl adjacent to an activating group) is 1. The normalized spacial score (nSPS) is 32.2. The van der Waals surface area contributed by atoms with Crippen LogP contribution in [0.4, 0.5) is 0 Å². The fraction of sp³-hybridized carbons (Fsp3) is 1.00. The summed E-state index contributed by atoms with van der Waals surface area (Å²) in [5, 5.41) is 3.53. The molecule has 0 aliphatic carbocycles. The summed E-state index contributed by atoms with van der Waals surface area (Å²) in [6, 6.07) is 1.44. The van der Waals surface area contributed by atoms with E-state index in [2.05, 4.69) is 33.3 Å². The minimum atomic E-state index is 0.672. The molecule has 0 aromatic carbocycles. The highest BCUT2D eigenvalue weighted by Gasteiger charge is 2.23. The summed E-state index contributed by atoms with van der Waals surface area (Å²) in [5.41, 5.74) is 0. The van der Waals surface area contributed by atoms with Crippen LogP contribution < -0.4 is 5.32 Å². The first-order chi connectivity index (χ1) is 5.77. The Morgan fingerprint density at radius 3 is 2.92 bits per heavy atom. The third-order valence-corrected chi connectivity index (χ3v) is 2.97. The molecule has 0 aromatic heterocycles. The minimum Gasteiger partial charge on any atom is -0.311 e. The molecule has 0 amide bonds. The summed E-state index contributed by atoms with van der Waals surface area (Å²) in [5.74, 6) is 0. The van der Waals surface area contributed by atoms with Gasteiger partial charge >= 0.3 is 0 Å². The standard InChI is InChI=1S/C9H21N2P/c1-3-11-7-8(2)10-6-9(11)4-5-12/h8-10H,3-7,12H2,1-2H3. The Morgan fingerprint density at radius 1 is 1.58 bits per heavy atom. The molecule has 0 aromatic rings. The molecule has 0 radical (unpaired) electrons. The summed E-state index contributed by atoms with van der Waals surface area (Å²) in [6.45, 7) is 8.10.